The zero-order chi connectivity index (χ0) is 39.6. The second kappa shape index (κ2) is 13.8. The molecule has 0 aliphatic heterocycles. The quantitative estimate of drug-likeness (QED) is 0.162. The van der Waals surface area contributed by atoms with Gasteiger partial charge in [-0.15, -0.1) is 0 Å². The molecule has 0 aliphatic carbocycles. The predicted octanol–water partition coefficient (Wildman–Crippen LogP) is 15.8. The highest BCUT2D eigenvalue weighted by Gasteiger charge is 2.19. The molecule has 12 rings (SSSR count). The Labute approximate surface area is 345 Å². The first-order valence-electron chi connectivity index (χ1n) is 20.1. The van der Waals surface area contributed by atoms with Gasteiger partial charge in [0, 0.05) is 44.3 Å². The highest BCUT2D eigenvalue weighted by molar-refractivity contribution is 6.17. The normalized spacial score (nSPS) is 11.7. The Morgan fingerprint density at radius 2 is 0.967 bits per heavy atom. The number of hydrogen-bond donors (Lipinski definition) is 0. The third-order valence-corrected chi connectivity index (χ3v) is 11.5. The molecular weight excluding hydrogens is 737 g/mol. The van der Waals surface area contributed by atoms with Gasteiger partial charge in [-0.05, 0) is 107 Å². The van der Waals surface area contributed by atoms with Gasteiger partial charge in [-0.2, -0.15) is 0 Å². The minimum atomic E-state index is 0.598. The summed E-state index contributed by atoms with van der Waals surface area (Å²) in [5.74, 6) is 0.598. The van der Waals surface area contributed by atoms with E-state index >= 15 is 0 Å². The Bertz CT molecular complexity index is 3530. The van der Waals surface area contributed by atoms with Crippen LogP contribution in [0.5, 0.6) is 0 Å². The molecular formula is C55H34N2O3. The van der Waals surface area contributed by atoms with E-state index in [4.69, 9.17) is 18.2 Å². The Morgan fingerprint density at radius 1 is 0.333 bits per heavy atom. The number of nitrogens with zero attached hydrogens (tertiary/aromatic N) is 2. The van der Waals surface area contributed by atoms with Gasteiger partial charge in [-0.1, -0.05) is 127 Å². The number of rotatable bonds is 7. The van der Waals surface area contributed by atoms with Crippen molar-refractivity contribution < 1.29 is 13.3 Å². The predicted molar refractivity (Wildman–Crippen MR) is 245 cm³/mol. The highest BCUT2D eigenvalue weighted by Crippen LogP contribution is 2.42. The molecule has 0 bridgehead atoms. The van der Waals surface area contributed by atoms with E-state index in [0.717, 1.165) is 99.9 Å². The average molecular weight is 771 g/mol. The van der Waals surface area contributed by atoms with Gasteiger partial charge in [0.25, 0.3) is 0 Å². The average Bonchev–Trinajstić information content (AvgIpc) is 4.04. The number of para-hydroxylation sites is 2. The lowest BCUT2D eigenvalue weighted by atomic mass is 10.0. The number of anilines is 3. The van der Waals surface area contributed by atoms with Crippen molar-refractivity contribution in [3.05, 3.63) is 206 Å². The molecule has 0 saturated carbocycles. The molecule has 0 amide bonds. The molecule has 3 heterocycles. The van der Waals surface area contributed by atoms with Crippen molar-refractivity contribution in [1.82, 2.24) is 4.98 Å². The van der Waals surface area contributed by atoms with E-state index in [1.54, 1.807) is 0 Å². The number of fused-ring (bicyclic) bond motifs is 8. The van der Waals surface area contributed by atoms with E-state index in [-0.39, 0.29) is 0 Å². The Balaban J connectivity index is 0.932. The molecule has 12 aromatic rings. The number of benzene rings is 9. The molecule has 282 valence electrons. The van der Waals surface area contributed by atoms with Crippen LogP contribution in [0.25, 0.3) is 99.8 Å². The topological polar surface area (TPSA) is 55.6 Å². The van der Waals surface area contributed by atoms with Crippen LogP contribution in [-0.2, 0) is 0 Å². The number of furan rings is 2. The van der Waals surface area contributed by atoms with Crippen LogP contribution in [0.2, 0.25) is 0 Å². The van der Waals surface area contributed by atoms with Gasteiger partial charge in [0.1, 0.15) is 27.8 Å². The monoisotopic (exact) mass is 770 g/mol. The third-order valence-electron chi connectivity index (χ3n) is 11.5. The summed E-state index contributed by atoms with van der Waals surface area (Å²) in [6.45, 7) is 0. The zero-order valence-electron chi connectivity index (χ0n) is 32.2. The van der Waals surface area contributed by atoms with Gasteiger partial charge >= 0.3 is 0 Å². The van der Waals surface area contributed by atoms with E-state index in [1.807, 2.05) is 60.7 Å². The van der Waals surface area contributed by atoms with Gasteiger partial charge in [0.05, 0.1) is 5.39 Å². The largest absolute Gasteiger partial charge is 0.456 e. The Morgan fingerprint density at radius 3 is 1.75 bits per heavy atom. The van der Waals surface area contributed by atoms with Crippen LogP contribution in [0.4, 0.5) is 17.1 Å². The summed E-state index contributed by atoms with van der Waals surface area (Å²) in [5, 5.41) is 4.17. The fraction of sp³-hybridized carbons (Fsp3) is 0. The van der Waals surface area contributed by atoms with Crippen LogP contribution in [0.15, 0.2) is 220 Å². The van der Waals surface area contributed by atoms with Crippen molar-refractivity contribution in [3.63, 3.8) is 0 Å². The summed E-state index contributed by atoms with van der Waals surface area (Å²) in [6, 6.07) is 71.7. The molecule has 9 aromatic carbocycles. The molecule has 0 unspecified atom stereocenters. The minimum Gasteiger partial charge on any atom is -0.456 e. The lowest BCUT2D eigenvalue weighted by Crippen LogP contribution is -2.10. The lowest BCUT2D eigenvalue weighted by molar-refractivity contribution is 0.622. The fourth-order valence-corrected chi connectivity index (χ4v) is 8.60. The molecule has 0 spiro atoms. The molecule has 0 fully saturated rings. The molecule has 3 aromatic heterocycles. The van der Waals surface area contributed by atoms with Crippen molar-refractivity contribution in [2.75, 3.05) is 4.90 Å². The number of oxazole rings is 1. The molecule has 0 aliphatic rings. The van der Waals surface area contributed by atoms with Gasteiger partial charge < -0.3 is 18.2 Å². The van der Waals surface area contributed by atoms with E-state index in [0.29, 0.717) is 5.89 Å². The van der Waals surface area contributed by atoms with Crippen molar-refractivity contribution in [2.24, 2.45) is 0 Å². The fourth-order valence-electron chi connectivity index (χ4n) is 8.60. The summed E-state index contributed by atoms with van der Waals surface area (Å²) >= 11 is 0. The van der Waals surface area contributed by atoms with Crippen molar-refractivity contribution in [3.8, 4) is 44.8 Å². The number of aromatic nitrogens is 1. The lowest BCUT2D eigenvalue weighted by Gasteiger charge is -2.26. The van der Waals surface area contributed by atoms with Gasteiger partial charge in [0.15, 0.2) is 5.58 Å². The smallest absolute Gasteiger partial charge is 0.227 e. The van der Waals surface area contributed by atoms with E-state index < -0.39 is 0 Å². The van der Waals surface area contributed by atoms with Crippen molar-refractivity contribution >= 4 is 72.0 Å². The van der Waals surface area contributed by atoms with Gasteiger partial charge in [0.2, 0.25) is 5.89 Å². The molecule has 0 atom stereocenters. The second-order valence-corrected chi connectivity index (χ2v) is 15.1. The minimum absolute atomic E-state index is 0.598. The van der Waals surface area contributed by atoms with E-state index in [2.05, 4.69) is 150 Å². The Hall–Kier alpha value is -8.15. The molecule has 0 N–H and O–H groups in total. The van der Waals surface area contributed by atoms with Crippen LogP contribution in [0.1, 0.15) is 0 Å². The summed E-state index contributed by atoms with van der Waals surface area (Å²) < 4.78 is 19.3. The van der Waals surface area contributed by atoms with E-state index in [9.17, 15) is 0 Å². The SMILES string of the molecule is c1ccc(-c2ccc(N(c3ccc(-c4ccc5c(c4)oc4ccc6nc(-c7ccccc7)oc6c45)cc3)c3cccc(-c4cccc5c4oc4ccccc45)c3)cc2)cc1. The summed E-state index contributed by atoms with van der Waals surface area (Å²) in [4.78, 5) is 7.11. The summed E-state index contributed by atoms with van der Waals surface area (Å²) in [7, 11) is 0. The maximum atomic E-state index is 6.47. The molecule has 0 saturated heterocycles. The Kier molecular flexibility index (Phi) is 7.78. The van der Waals surface area contributed by atoms with Gasteiger partial charge in [-0.25, -0.2) is 4.98 Å². The van der Waals surface area contributed by atoms with Crippen LogP contribution >= 0.6 is 0 Å². The molecule has 60 heavy (non-hydrogen) atoms. The molecule has 5 heteroatoms. The third kappa shape index (κ3) is 5.67. The van der Waals surface area contributed by atoms with Crippen molar-refractivity contribution in [2.45, 2.75) is 0 Å². The highest BCUT2D eigenvalue weighted by atomic mass is 16.4. The first-order valence-corrected chi connectivity index (χ1v) is 20.1. The summed E-state index contributed by atoms with van der Waals surface area (Å²) in [5.41, 5.74) is 15.6. The van der Waals surface area contributed by atoms with Gasteiger partial charge in [-0.3, -0.25) is 0 Å². The first-order chi connectivity index (χ1) is 29.7. The maximum absolute atomic E-state index is 6.47. The van der Waals surface area contributed by atoms with Crippen LogP contribution in [0, 0.1) is 0 Å². The molecule has 5 nitrogen and oxygen atoms in total. The standard InChI is InChI=1S/C55H34N2O3/c1-3-11-35(12-4-1)36-21-26-41(27-22-36)57(43-16-9-15-40(33-43)44-18-10-19-46-45-17-7-8-20-49(45)59-53(44)46)42-28-23-37(24-29-42)39-25-30-47-51(34-39)58-50-32-31-48-54(52(47)50)60-55(56-48)38-13-5-2-6-14-38/h1-34H. The maximum Gasteiger partial charge on any atom is 0.227 e. The van der Waals surface area contributed by atoms with Crippen LogP contribution < -0.4 is 4.90 Å². The summed E-state index contributed by atoms with van der Waals surface area (Å²) in [6.07, 6.45) is 0. The van der Waals surface area contributed by atoms with Crippen LogP contribution in [-0.4, -0.2) is 4.98 Å². The first kappa shape index (κ1) is 33.9. The van der Waals surface area contributed by atoms with Crippen molar-refractivity contribution in [1.29, 1.82) is 0 Å². The van der Waals surface area contributed by atoms with E-state index in [1.165, 1.54) is 11.1 Å². The number of hydrogen-bond acceptors (Lipinski definition) is 5. The zero-order valence-corrected chi connectivity index (χ0v) is 32.2. The van der Waals surface area contributed by atoms with Crippen LogP contribution in [0.3, 0.4) is 0 Å². The second-order valence-electron chi connectivity index (χ2n) is 15.1. The molecule has 0 radical (unpaired) electrons.